The van der Waals surface area contributed by atoms with Crippen LogP contribution in [-0.4, -0.2) is 37.7 Å². The van der Waals surface area contributed by atoms with E-state index in [2.05, 4.69) is 4.72 Å². The second-order valence-electron chi connectivity index (χ2n) is 3.24. The Hall–Kier alpha value is 0.160. The van der Waals surface area contributed by atoms with Crippen LogP contribution in [0.1, 0.15) is 20.8 Å². The van der Waals surface area contributed by atoms with E-state index in [0.29, 0.717) is 0 Å². The number of nitrogens with zero attached hydrogens (tertiary/aromatic N) is 1. The number of hydrogen-bond acceptors (Lipinski definition) is 2. The summed E-state index contributed by atoms with van der Waals surface area (Å²) < 4.78 is 26.5. The minimum Gasteiger partial charge on any atom is -0.201 e. The van der Waals surface area contributed by atoms with E-state index in [0.717, 1.165) is 0 Å². The van der Waals surface area contributed by atoms with Gasteiger partial charge in [-0.2, -0.15) is 12.7 Å². The molecule has 6 heteroatoms. The van der Waals surface area contributed by atoms with Gasteiger partial charge in [0, 0.05) is 25.0 Å². The van der Waals surface area contributed by atoms with E-state index in [1.807, 2.05) is 13.8 Å². The molecule has 0 saturated heterocycles. The molecule has 80 valence electrons. The molecule has 0 aliphatic heterocycles. The van der Waals surface area contributed by atoms with Crippen LogP contribution >= 0.6 is 11.6 Å². The van der Waals surface area contributed by atoms with Gasteiger partial charge in [0.2, 0.25) is 0 Å². The van der Waals surface area contributed by atoms with E-state index < -0.39 is 10.2 Å². The van der Waals surface area contributed by atoms with Crippen molar-refractivity contribution in [2.45, 2.75) is 32.2 Å². The van der Waals surface area contributed by atoms with Crippen LogP contribution in [0.4, 0.5) is 0 Å². The number of nitrogens with one attached hydrogen (secondary N) is 1. The van der Waals surface area contributed by atoms with E-state index in [-0.39, 0.29) is 18.0 Å². The summed E-state index contributed by atoms with van der Waals surface area (Å²) in [6.45, 7) is 5.60. The molecule has 0 saturated carbocycles. The molecule has 0 heterocycles. The first-order valence-electron chi connectivity index (χ1n) is 4.14. The molecule has 0 bridgehead atoms. The van der Waals surface area contributed by atoms with Crippen molar-refractivity contribution in [2.75, 3.05) is 13.6 Å². The molecule has 0 amide bonds. The molecule has 1 atom stereocenters. The molecule has 1 N–H and O–H groups in total. The van der Waals surface area contributed by atoms with Crippen molar-refractivity contribution in [3.63, 3.8) is 0 Å². The minimum absolute atomic E-state index is 0.0527. The Balaban J connectivity index is 4.24. The fraction of sp³-hybridized carbons (Fsp3) is 1.00. The molecule has 0 fully saturated rings. The maximum Gasteiger partial charge on any atom is 0.279 e. The van der Waals surface area contributed by atoms with Crippen molar-refractivity contribution in [3.8, 4) is 0 Å². The molecular formula is C7H17ClN2O2S. The van der Waals surface area contributed by atoms with Crippen molar-refractivity contribution in [1.29, 1.82) is 0 Å². The van der Waals surface area contributed by atoms with Gasteiger partial charge in [0.25, 0.3) is 10.2 Å². The largest absolute Gasteiger partial charge is 0.279 e. The molecule has 13 heavy (non-hydrogen) atoms. The van der Waals surface area contributed by atoms with E-state index in [4.69, 9.17) is 11.6 Å². The summed E-state index contributed by atoms with van der Waals surface area (Å²) in [5.41, 5.74) is 0. The Morgan fingerprint density at radius 2 is 1.85 bits per heavy atom. The summed E-state index contributed by atoms with van der Waals surface area (Å²) >= 11 is 5.62. The lowest BCUT2D eigenvalue weighted by molar-refractivity contribution is 0.402. The summed E-state index contributed by atoms with van der Waals surface area (Å²) in [6.07, 6.45) is 0. The molecule has 0 rings (SSSR count). The zero-order valence-corrected chi connectivity index (χ0v) is 9.98. The molecule has 1 unspecified atom stereocenters. The van der Waals surface area contributed by atoms with Crippen LogP contribution in [0.25, 0.3) is 0 Å². The summed E-state index contributed by atoms with van der Waals surface area (Å²) in [6, 6.07) is -0.0527. The molecule has 0 radical (unpaired) electrons. The van der Waals surface area contributed by atoms with Crippen molar-refractivity contribution < 1.29 is 8.42 Å². The molecule has 0 aromatic heterocycles. The van der Waals surface area contributed by atoms with Gasteiger partial charge < -0.3 is 0 Å². The minimum atomic E-state index is -3.36. The lowest BCUT2D eigenvalue weighted by atomic mass is 10.4. The number of rotatable bonds is 5. The predicted octanol–water partition coefficient (Wildman–Crippen LogP) is 0.788. The first-order chi connectivity index (χ1) is 5.77. The average molecular weight is 229 g/mol. The Bertz CT molecular complexity index is 239. The third-order valence-electron chi connectivity index (χ3n) is 1.65. The third-order valence-corrected chi connectivity index (χ3v) is 3.52. The maximum atomic E-state index is 11.4. The van der Waals surface area contributed by atoms with Crippen LogP contribution in [0.3, 0.4) is 0 Å². The highest BCUT2D eigenvalue weighted by atomic mass is 35.5. The SMILES string of the molecule is CC(Cl)CNS(=O)(=O)N(C)C(C)C. The van der Waals surface area contributed by atoms with Gasteiger partial charge in [-0.1, -0.05) is 0 Å². The second kappa shape index (κ2) is 5.14. The van der Waals surface area contributed by atoms with E-state index in [1.165, 1.54) is 11.4 Å². The van der Waals surface area contributed by atoms with E-state index in [1.54, 1.807) is 6.92 Å². The molecule has 4 nitrogen and oxygen atoms in total. The third kappa shape index (κ3) is 4.81. The fourth-order valence-corrected chi connectivity index (χ4v) is 1.99. The number of alkyl halides is 1. The van der Waals surface area contributed by atoms with Crippen LogP contribution in [0.5, 0.6) is 0 Å². The van der Waals surface area contributed by atoms with Crippen LogP contribution in [0.2, 0.25) is 0 Å². The Morgan fingerprint density at radius 1 is 1.38 bits per heavy atom. The van der Waals surface area contributed by atoms with Crippen LogP contribution in [-0.2, 0) is 10.2 Å². The quantitative estimate of drug-likeness (QED) is 0.708. The van der Waals surface area contributed by atoms with Gasteiger partial charge in [0.05, 0.1) is 0 Å². The lowest BCUT2D eigenvalue weighted by Gasteiger charge is -2.21. The van der Waals surface area contributed by atoms with Gasteiger partial charge in [0.1, 0.15) is 0 Å². The molecule has 0 aliphatic rings. The normalized spacial score (nSPS) is 15.3. The van der Waals surface area contributed by atoms with Crippen LogP contribution < -0.4 is 4.72 Å². The van der Waals surface area contributed by atoms with Gasteiger partial charge in [0.15, 0.2) is 0 Å². The molecule has 0 aliphatic carbocycles. The Morgan fingerprint density at radius 3 is 2.15 bits per heavy atom. The molecule has 0 aromatic rings. The van der Waals surface area contributed by atoms with Gasteiger partial charge in [-0.3, -0.25) is 0 Å². The van der Waals surface area contributed by atoms with Crippen molar-refractivity contribution >= 4 is 21.8 Å². The van der Waals surface area contributed by atoms with Crippen LogP contribution in [0.15, 0.2) is 0 Å². The van der Waals surface area contributed by atoms with Crippen LogP contribution in [0, 0.1) is 0 Å². The summed E-state index contributed by atoms with van der Waals surface area (Å²) in [7, 11) is -1.82. The van der Waals surface area contributed by atoms with E-state index in [9.17, 15) is 8.42 Å². The highest BCUT2D eigenvalue weighted by molar-refractivity contribution is 7.87. The van der Waals surface area contributed by atoms with Crippen molar-refractivity contribution in [3.05, 3.63) is 0 Å². The van der Waals surface area contributed by atoms with E-state index >= 15 is 0 Å². The number of hydrogen-bond donors (Lipinski definition) is 1. The predicted molar refractivity (Wildman–Crippen MR) is 55.1 cm³/mol. The zero-order chi connectivity index (χ0) is 10.6. The smallest absolute Gasteiger partial charge is 0.201 e. The lowest BCUT2D eigenvalue weighted by Crippen LogP contribution is -2.43. The topological polar surface area (TPSA) is 49.4 Å². The second-order valence-corrected chi connectivity index (χ2v) is 5.80. The summed E-state index contributed by atoms with van der Waals surface area (Å²) in [5.74, 6) is 0. The van der Waals surface area contributed by atoms with Crippen molar-refractivity contribution in [2.24, 2.45) is 0 Å². The average Bonchev–Trinajstić information content (AvgIpc) is 1.99. The maximum absolute atomic E-state index is 11.4. The monoisotopic (exact) mass is 228 g/mol. The summed E-state index contributed by atoms with van der Waals surface area (Å²) in [5, 5.41) is -0.199. The standard InChI is InChI=1S/C7H17ClN2O2S/c1-6(2)10(4)13(11,12)9-5-7(3)8/h6-7,9H,5H2,1-4H3. The van der Waals surface area contributed by atoms with Crippen molar-refractivity contribution in [1.82, 2.24) is 9.03 Å². The van der Waals surface area contributed by atoms with Gasteiger partial charge in [-0.15, -0.1) is 11.6 Å². The van der Waals surface area contributed by atoms with Gasteiger partial charge in [-0.25, -0.2) is 4.72 Å². The number of halogens is 1. The first kappa shape index (κ1) is 13.2. The zero-order valence-electron chi connectivity index (χ0n) is 8.41. The highest BCUT2D eigenvalue weighted by Crippen LogP contribution is 2.01. The summed E-state index contributed by atoms with van der Waals surface area (Å²) in [4.78, 5) is 0. The molecular weight excluding hydrogens is 212 g/mol. The van der Waals surface area contributed by atoms with Gasteiger partial charge in [-0.05, 0) is 20.8 Å². The Kier molecular flexibility index (Phi) is 5.21. The molecule has 0 spiro atoms. The Labute approximate surface area is 85.4 Å². The van der Waals surface area contributed by atoms with Gasteiger partial charge >= 0.3 is 0 Å². The highest BCUT2D eigenvalue weighted by Gasteiger charge is 2.19. The fourth-order valence-electron chi connectivity index (χ4n) is 0.599. The molecule has 0 aromatic carbocycles. The first-order valence-corrected chi connectivity index (χ1v) is 6.01.